The summed E-state index contributed by atoms with van der Waals surface area (Å²) in [6.45, 7) is 0. The third kappa shape index (κ3) is 5.90. The second-order valence-electron chi connectivity index (χ2n) is 5.93. The van der Waals surface area contributed by atoms with Crippen LogP contribution in [0.1, 0.15) is 22.3 Å². The number of nitrogens with zero attached hydrogens (tertiary/aromatic N) is 2. The van der Waals surface area contributed by atoms with Gasteiger partial charge in [0.05, 0.1) is 11.8 Å². The van der Waals surface area contributed by atoms with E-state index in [1.807, 2.05) is 0 Å². The first kappa shape index (κ1) is 20.6. The van der Waals surface area contributed by atoms with Crippen molar-refractivity contribution in [1.82, 2.24) is 5.32 Å². The van der Waals surface area contributed by atoms with E-state index in [9.17, 15) is 14.4 Å². The molecule has 8 nitrogen and oxygen atoms in total. The summed E-state index contributed by atoms with van der Waals surface area (Å²) < 4.78 is 0. The van der Waals surface area contributed by atoms with Crippen LogP contribution >= 0.6 is 23.4 Å². The molecule has 148 valence electrons. The molecular weight excluding hydrogens is 416 g/mol. The van der Waals surface area contributed by atoms with Crippen LogP contribution in [-0.2, 0) is 9.59 Å². The minimum atomic E-state index is -1.01. The Bertz CT molecular complexity index is 990. The van der Waals surface area contributed by atoms with Gasteiger partial charge in [0.2, 0.25) is 11.8 Å². The fourth-order valence-electron chi connectivity index (χ4n) is 2.36. The number of benzene rings is 2. The summed E-state index contributed by atoms with van der Waals surface area (Å²) >= 11 is 6.92. The van der Waals surface area contributed by atoms with Gasteiger partial charge in [-0.3, -0.25) is 9.59 Å². The molecule has 0 saturated carbocycles. The molecule has 1 aliphatic rings. The molecule has 29 heavy (non-hydrogen) atoms. The summed E-state index contributed by atoms with van der Waals surface area (Å²) in [5.74, 6) is -1.63. The van der Waals surface area contributed by atoms with Crippen molar-refractivity contribution in [2.24, 2.45) is 10.2 Å². The Balaban J connectivity index is 1.54. The van der Waals surface area contributed by atoms with Gasteiger partial charge in [0.25, 0.3) is 0 Å². The van der Waals surface area contributed by atoms with Crippen molar-refractivity contribution in [2.75, 3.05) is 5.32 Å². The number of anilines is 1. The van der Waals surface area contributed by atoms with Crippen LogP contribution in [-0.4, -0.2) is 39.5 Å². The van der Waals surface area contributed by atoms with Gasteiger partial charge in [0, 0.05) is 17.1 Å². The number of amidine groups is 1. The van der Waals surface area contributed by atoms with E-state index in [1.165, 1.54) is 18.3 Å². The van der Waals surface area contributed by atoms with E-state index in [2.05, 4.69) is 20.8 Å². The smallest absolute Gasteiger partial charge is 0.335 e. The van der Waals surface area contributed by atoms with Gasteiger partial charge in [-0.2, -0.15) is 5.10 Å². The number of amides is 2. The maximum atomic E-state index is 12.1. The second kappa shape index (κ2) is 9.35. The molecule has 1 fully saturated rings. The number of carbonyl (C=O) groups is 3. The molecule has 1 heterocycles. The average molecular weight is 431 g/mol. The van der Waals surface area contributed by atoms with Crippen molar-refractivity contribution in [2.45, 2.75) is 11.7 Å². The quantitative estimate of drug-likeness (QED) is 0.480. The highest BCUT2D eigenvalue weighted by molar-refractivity contribution is 8.15. The average Bonchev–Trinajstić information content (AvgIpc) is 3.03. The molecule has 3 N–H and O–H groups in total. The Kier molecular flexibility index (Phi) is 6.63. The van der Waals surface area contributed by atoms with Crippen LogP contribution in [0.4, 0.5) is 5.69 Å². The molecule has 0 bridgehead atoms. The second-order valence-corrected chi connectivity index (χ2v) is 7.56. The van der Waals surface area contributed by atoms with E-state index in [-0.39, 0.29) is 29.0 Å². The Morgan fingerprint density at radius 3 is 2.52 bits per heavy atom. The van der Waals surface area contributed by atoms with Crippen molar-refractivity contribution in [3.63, 3.8) is 0 Å². The number of thioether (sulfide) groups is 1. The molecular formula is C19H15ClN4O4S. The summed E-state index contributed by atoms with van der Waals surface area (Å²) in [6.07, 6.45) is 1.42. The summed E-state index contributed by atoms with van der Waals surface area (Å²) in [4.78, 5) is 35.0. The molecule has 2 amide bonds. The lowest BCUT2D eigenvalue weighted by Gasteiger charge is -2.07. The highest BCUT2D eigenvalue weighted by Crippen LogP contribution is 2.23. The summed E-state index contributed by atoms with van der Waals surface area (Å²) in [6, 6.07) is 12.8. The summed E-state index contributed by atoms with van der Waals surface area (Å²) in [7, 11) is 0. The first-order chi connectivity index (χ1) is 13.9. The molecule has 0 spiro atoms. The number of carboxylic acid groups (broad SMARTS) is 1. The number of halogens is 1. The zero-order valence-electron chi connectivity index (χ0n) is 14.8. The van der Waals surface area contributed by atoms with E-state index in [0.29, 0.717) is 16.3 Å². The van der Waals surface area contributed by atoms with E-state index >= 15 is 0 Å². The molecule has 2 aromatic rings. The zero-order chi connectivity index (χ0) is 20.8. The maximum absolute atomic E-state index is 12.1. The largest absolute Gasteiger partial charge is 0.478 e. The van der Waals surface area contributed by atoms with E-state index in [4.69, 9.17) is 16.7 Å². The molecule has 2 aromatic carbocycles. The lowest BCUT2D eigenvalue weighted by Crippen LogP contribution is -2.28. The number of hydrogen-bond donors (Lipinski definition) is 3. The highest BCUT2D eigenvalue weighted by atomic mass is 35.5. The Hall–Kier alpha value is -3.17. The van der Waals surface area contributed by atoms with Gasteiger partial charge in [0.1, 0.15) is 5.25 Å². The Morgan fingerprint density at radius 1 is 1.17 bits per heavy atom. The van der Waals surface area contributed by atoms with Gasteiger partial charge in [0.15, 0.2) is 5.17 Å². The van der Waals surface area contributed by atoms with Gasteiger partial charge in [-0.25, -0.2) is 4.79 Å². The van der Waals surface area contributed by atoms with E-state index < -0.39 is 11.2 Å². The van der Waals surface area contributed by atoms with Crippen LogP contribution in [0.3, 0.4) is 0 Å². The fraction of sp³-hybridized carbons (Fsp3) is 0.105. The first-order valence-electron chi connectivity index (χ1n) is 8.38. The lowest BCUT2D eigenvalue weighted by molar-refractivity contribution is -0.122. The predicted molar refractivity (Wildman–Crippen MR) is 113 cm³/mol. The Morgan fingerprint density at radius 2 is 1.86 bits per heavy atom. The van der Waals surface area contributed by atoms with Crippen LogP contribution in [0.2, 0.25) is 5.02 Å². The fourth-order valence-corrected chi connectivity index (χ4v) is 3.41. The SMILES string of the molecule is O=C(CC1S/C(=N/N=Cc2ccc(C(=O)O)cc2)NC1=O)Nc1ccc(Cl)cc1. The minimum Gasteiger partial charge on any atom is -0.478 e. The molecule has 1 aliphatic heterocycles. The first-order valence-corrected chi connectivity index (χ1v) is 9.64. The molecule has 3 rings (SSSR count). The van der Waals surface area contributed by atoms with Gasteiger partial charge in [-0.05, 0) is 42.0 Å². The van der Waals surface area contributed by atoms with Gasteiger partial charge in [-0.15, -0.1) is 5.10 Å². The third-order valence-electron chi connectivity index (χ3n) is 3.79. The van der Waals surface area contributed by atoms with Crippen LogP contribution in [0.25, 0.3) is 0 Å². The highest BCUT2D eigenvalue weighted by Gasteiger charge is 2.32. The molecule has 0 aliphatic carbocycles. The van der Waals surface area contributed by atoms with Crippen molar-refractivity contribution in [3.8, 4) is 0 Å². The number of carbonyl (C=O) groups excluding carboxylic acids is 2. The normalized spacial score (nSPS) is 17.5. The standard InChI is InChI=1S/C19H15ClN4O4S/c20-13-5-7-14(8-6-13)22-16(25)9-15-17(26)23-19(29-15)24-21-10-11-1-3-12(4-2-11)18(27)28/h1-8,10,15H,9H2,(H,22,25)(H,27,28)(H,23,24,26). The van der Waals surface area contributed by atoms with Crippen molar-refractivity contribution in [1.29, 1.82) is 0 Å². The van der Waals surface area contributed by atoms with Gasteiger partial charge >= 0.3 is 5.97 Å². The minimum absolute atomic E-state index is 0.0154. The third-order valence-corrected chi connectivity index (χ3v) is 5.11. The number of aromatic carboxylic acids is 1. The van der Waals surface area contributed by atoms with E-state index in [0.717, 1.165) is 11.8 Å². The monoisotopic (exact) mass is 430 g/mol. The summed E-state index contributed by atoms with van der Waals surface area (Å²) in [5, 5.41) is 22.2. The molecule has 1 saturated heterocycles. The topological polar surface area (TPSA) is 120 Å². The van der Waals surface area contributed by atoms with Gasteiger partial charge in [-0.1, -0.05) is 35.5 Å². The van der Waals surface area contributed by atoms with Crippen LogP contribution in [0.5, 0.6) is 0 Å². The summed E-state index contributed by atoms with van der Waals surface area (Å²) in [5.41, 5.74) is 1.43. The number of hydrogen-bond acceptors (Lipinski definition) is 6. The lowest BCUT2D eigenvalue weighted by atomic mass is 10.1. The molecule has 1 atom stereocenters. The van der Waals surface area contributed by atoms with Crippen molar-refractivity contribution in [3.05, 3.63) is 64.7 Å². The van der Waals surface area contributed by atoms with Crippen LogP contribution < -0.4 is 10.6 Å². The van der Waals surface area contributed by atoms with Gasteiger partial charge < -0.3 is 15.7 Å². The predicted octanol–water partition coefficient (Wildman–Crippen LogP) is 2.99. The maximum Gasteiger partial charge on any atom is 0.335 e. The molecule has 0 radical (unpaired) electrons. The number of nitrogens with one attached hydrogen (secondary N) is 2. The zero-order valence-corrected chi connectivity index (χ0v) is 16.4. The number of rotatable bonds is 6. The Labute approximate surface area is 175 Å². The molecule has 10 heteroatoms. The van der Waals surface area contributed by atoms with Crippen molar-refractivity contribution >= 4 is 58.2 Å². The number of carboxylic acids is 1. The van der Waals surface area contributed by atoms with Crippen molar-refractivity contribution < 1.29 is 19.5 Å². The van der Waals surface area contributed by atoms with Crippen LogP contribution in [0.15, 0.2) is 58.7 Å². The molecule has 0 aromatic heterocycles. The van der Waals surface area contributed by atoms with Crippen LogP contribution in [0, 0.1) is 0 Å². The molecule has 1 unspecified atom stereocenters. The van der Waals surface area contributed by atoms with E-state index in [1.54, 1.807) is 36.4 Å².